The Labute approximate surface area is 105 Å². The van der Waals surface area contributed by atoms with E-state index in [2.05, 4.69) is 26.2 Å². The quantitative estimate of drug-likeness (QED) is 0.926. The van der Waals surface area contributed by atoms with Gasteiger partial charge in [0.05, 0.1) is 6.20 Å². The van der Waals surface area contributed by atoms with Gasteiger partial charge in [0.25, 0.3) is 5.56 Å². The van der Waals surface area contributed by atoms with Gasteiger partial charge in [0.15, 0.2) is 0 Å². The number of aromatic nitrogens is 2. The van der Waals surface area contributed by atoms with Gasteiger partial charge in [0.1, 0.15) is 10.3 Å². The molecule has 0 bridgehead atoms. The molecule has 1 aromatic carbocycles. The van der Waals surface area contributed by atoms with Gasteiger partial charge in [-0.2, -0.15) is 0 Å². The van der Waals surface area contributed by atoms with Crippen LogP contribution in [0.25, 0.3) is 0 Å². The van der Waals surface area contributed by atoms with Crippen molar-refractivity contribution in [3.63, 3.8) is 0 Å². The van der Waals surface area contributed by atoms with Gasteiger partial charge in [-0.1, -0.05) is 0 Å². The first-order valence-electron chi connectivity index (χ1n) is 4.82. The van der Waals surface area contributed by atoms with Gasteiger partial charge in [-0.05, 0) is 40.2 Å². The molecular formula is C11H9BrFN3O. The molecule has 17 heavy (non-hydrogen) atoms. The van der Waals surface area contributed by atoms with Crippen LogP contribution in [0.4, 0.5) is 16.0 Å². The molecule has 1 aromatic heterocycles. The van der Waals surface area contributed by atoms with Gasteiger partial charge >= 0.3 is 0 Å². The maximum absolute atomic E-state index is 12.7. The van der Waals surface area contributed by atoms with E-state index in [9.17, 15) is 9.18 Å². The van der Waals surface area contributed by atoms with Crippen molar-refractivity contribution in [3.8, 4) is 0 Å². The van der Waals surface area contributed by atoms with Crippen LogP contribution in [0.2, 0.25) is 0 Å². The van der Waals surface area contributed by atoms with Gasteiger partial charge in [-0.25, -0.2) is 9.37 Å². The summed E-state index contributed by atoms with van der Waals surface area (Å²) >= 11 is 3.10. The Morgan fingerprint density at radius 1 is 1.35 bits per heavy atom. The number of hydrogen-bond donors (Lipinski definition) is 1. The van der Waals surface area contributed by atoms with Gasteiger partial charge in [-0.15, -0.1) is 0 Å². The number of anilines is 2. The molecule has 1 N–H and O–H groups in total. The van der Waals surface area contributed by atoms with Crippen LogP contribution in [0, 0.1) is 5.82 Å². The minimum atomic E-state index is -0.312. The number of halogens is 2. The van der Waals surface area contributed by atoms with Crippen LogP contribution in [0.15, 0.2) is 39.7 Å². The van der Waals surface area contributed by atoms with Crippen molar-refractivity contribution in [3.05, 3.63) is 51.1 Å². The van der Waals surface area contributed by atoms with Gasteiger partial charge in [0.2, 0.25) is 5.95 Å². The molecule has 0 unspecified atom stereocenters. The van der Waals surface area contributed by atoms with E-state index < -0.39 is 0 Å². The minimum Gasteiger partial charge on any atom is -0.326 e. The highest BCUT2D eigenvalue weighted by Crippen LogP contribution is 2.14. The lowest BCUT2D eigenvalue weighted by molar-refractivity contribution is 0.628. The molecule has 0 atom stereocenters. The molecule has 0 radical (unpaired) electrons. The molecule has 2 aromatic rings. The molecule has 6 heteroatoms. The van der Waals surface area contributed by atoms with Crippen molar-refractivity contribution in [1.29, 1.82) is 0 Å². The fraction of sp³-hybridized carbons (Fsp3) is 0.0909. The van der Waals surface area contributed by atoms with Crippen molar-refractivity contribution in [2.75, 3.05) is 5.32 Å². The highest BCUT2D eigenvalue weighted by molar-refractivity contribution is 9.10. The van der Waals surface area contributed by atoms with Crippen LogP contribution < -0.4 is 10.9 Å². The van der Waals surface area contributed by atoms with E-state index in [1.54, 1.807) is 19.2 Å². The highest BCUT2D eigenvalue weighted by Gasteiger charge is 2.05. The molecule has 88 valence electrons. The van der Waals surface area contributed by atoms with E-state index in [4.69, 9.17) is 0 Å². The van der Waals surface area contributed by atoms with E-state index in [0.29, 0.717) is 16.1 Å². The third-order valence-electron chi connectivity index (χ3n) is 2.23. The second kappa shape index (κ2) is 4.67. The summed E-state index contributed by atoms with van der Waals surface area (Å²) in [6.45, 7) is 0. The molecule has 0 aliphatic rings. The fourth-order valence-electron chi connectivity index (χ4n) is 1.29. The largest absolute Gasteiger partial charge is 0.326 e. The molecule has 4 nitrogen and oxygen atoms in total. The molecule has 0 saturated heterocycles. The Morgan fingerprint density at radius 2 is 2.00 bits per heavy atom. The van der Waals surface area contributed by atoms with Crippen LogP contribution in [-0.4, -0.2) is 9.55 Å². The maximum Gasteiger partial charge on any atom is 0.268 e. The van der Waals surface area contributed by atoms with E-state index in [1.165, 1.54) is 22.9 Å². The number of hydrogen-bond acceptors (Lipinski definition) is 3. The van der Waals surface area contributed by atoms with Crippen molar-refractivity contribution in [2.24, 2.45) is 7.05 Å². The summed E-state index contributed by atoms with van der Waals surface area (Å²) in [5.41, 5.74) is 0.473. The van der Waals surface area contributed by atoms with Crippen molar-refractivity contribution in [2.45, 2.75) is 0 Å². The summed E-state index contributed by atoms with van der Waals surface area (Å²) in [5.74, 6) is 0.0815. The second-order valence-corrected chi connectivity index (χ2v) is 4.28. The summed E-state index contributed by atoms with van der Waals surface area (Å²) in [5, 5.41) is 2.93. The third-order valence-corrected chi connectivity index (χ3v) is 2.77. The number of benzene rings is 1. The van der Waals surface area contributed by atoms with Crippen molar-refractivity contribution in [1.82, 2.24) is 9.55 Å². The van der Waals surface area contributed by atoms with E-state index >= 15 is 0 Å². The normalized spacial score (nSPS) is 10.3. The summed E-state index contributed by atoms with van der Waals surface area (Å²) in [6, 6.07) is 5.81. The van der Waals surface area contributed by atoms with Crippen LogP contribution in [-0.2, 0) is 7.05 Å². The lowest BCUT2D eigenvalue weighted by Gasteiger charge is -2.09. The predicted molar refractivity (Wildman–Crippen MR) is 66.9 cm³/mol. The predicted octanol–water partition coefficient (Wildman–Crippen LogP) is 2.43. The minimum absolute atomic E-state index is 0.190. The first-order valence-corrected chi connectivity index (χ1v) is 5.61. The SMILES string of the molecule is Cn1c(Nc2ccc(F)cc2)ncc(Br)c1=O. The number of nitrogens with zero attached hydrogens (tertiary/aromatic N) is 2. The first-order chi connectivity index (χ1) is 8.08. The second-order valence-electron chi connectivity index (χ2n) is 3.43. The number of nitrogens with one attached hydrogen (secondary N) is 1. The maximum atomic E-state index is 12.7. The molecule has 0 spiro atoms. The van der Waals surface area contributed by atoms with E-state index in [1.807, 2.05) is 0 Å². The Hall–Kier alpha value is -1.69. The topological polar surface area (TPSA) is 46.9 Å². The zero-order valence-corrected chi connectivity index (χ0v) is 10.5. The Balaban J connectivity index is 2.34. The average Bonchev–Trinajstić information content (AvgIpc) is 2.33. The Bertz CT molecular complexity index is 595. The summed E-state index contributed by atoms with van der Waals surface area (Å²) in [4.78, 5) is 15.7. The van der Waals surface area contributed by atoms with Crippen LogP contribution in [0.5, 0.6) is 0 Å². The zero-order chi connectivity index (χ0) is 12.4. The van der Waals surface area contributed by atoms with Gasteiger partial charge in [0, 0.05) is 12.7 Å². The lowest BCUT2D eigenvalue weighted by Crippen LogP contribution is -2.21. The molecule has 0 amide bonds. The summed E-state index contributed by atoms with van der Waals surface area (Å²) in [6.07, 6.45) is 1.42. The molecular weight excluding hydrogens is 289 g/mol. The smallest absolute Gasteiger partial charge is 0.268 e. The number of rotatable bonds is 2. The molecule has 2 rings (SSSR count). The molecule has 1 heterocycles. The Morgan fingerprint density at radius 3 is 2.65 bits per heavy atom. The summed E-state index contributed by atoms with van der Waals surface area (Å²) in [7, 11) is 1.60. The monoisotopic (exact) mass is 297 g/mol. The van der Waals surface area contributed by atoms with E-state index in [0.717, 1.165) is 0 Å². The molecule has 0 saturated carbocycles. The standard InChI is InChI=1S/C11H9BrFN3O/c1-16-10(17)9(12)6-14-11(16)15-8-4-2-7(13)3-5-8/h2-6H,1H3,(H,14,15). The highest BCUT2D eigenvalue weighted by atomic mass is 79.9. The van der Waals surface area contributed by atoms with Crippen molar-refractivity contribution >= 4 is 27.6 Å². The molecule has 0 fully saturated rings. The van der Waals surface area contributed by atoms with Gasteiger partial charge < -0.3 is 5.32 Å². The Kier molecular flexibility index (Phi) is 3.23. The lowest BCUT2D eigenvalue weighted by atomic mass is 10.3. The van der Waals surface area contributed by atoms with Crippen LogP contribution in [0.3, 0.4) is 0 Å². The average molecular weight is 298 g/mol. The summed E-state index contributed by atoms with van der Waals surface area (Å²) < 4.78 is 14.5. The molecule has 0 aliphatic carbocycles. The van der Waals surface area contributed by atoms with Crippen molar-refractivity contribution < 1.29 is 4.39 Å². The third kappa shape index (κ3) is 2.52. The zero-order valence-electron chi connectivity index (χ0n) is 8.95. The fourth-order valence-corrected chi connectivity index (χ4v) is 1.66. The van der Waals surface area contributed by atoms with E-state index in [-0.39, 0.29) is 11.4 Å². The van der Waals surface area contributed by atoms with Gasteiger partial charge in [-0.3, -0.25) is 9.36 Å². The van der Waals surface area contributed by atoms with Crippen LogP contribution in [0.1, 0.15) is 0 Å². The first kappa shape index (κ1) is 11.8. The molecule has 0 aliphatic heterocycles. The van der Waals surface area contributed by atoms with Crippen LogP contribution >= 0.6 is 15.9 Å².